The van der Waals surface area contributed by atoms with Crippen LogP contribution in [0.2, 0.25) is 0 Å². The molecule has 1 aliphatic rings. The molecule has 7 heteroatoms. The summed E-state index contributed by atoms with van der Waals surface area (Å²) in [4.78, 5) is 15.7. The van der Waals surface area contributed by atoms with E-state index < -0.39 is 7.14 Å². The summed E-state index contributed by atoms with van der Waals surface area (Å²) in [6.45, 7) is 8.43. The molecule has 0 unspecified atom stereocenters. The largest absolute Gasteiger partial charge is 0.323 e. The molecular weight excluding hydrogens is 297 g/mol. The average Bonchev–Trinajstić information content (AvgIpc) is 3.04. The van der Waals surface area contributed by atoms with Gasteiger partial charge in [0, 0.05) is 12.1 Å². The van der Waals surface area contributed by atoms with Crippen molar-refractivity contribution >= 4 is 18.3 Å². The highest BCUT2D eigenvalue weighted by Crippen LogP contribution is 2.47. The van der Waals surface area contributed by atoms with Gasteiger partial charge < -0.3 is 9.13 Å². The van der Waals surface area contributed by atoms with Crippen LogP contribution in [0.25, 0.3) is 11.2 Å². The number of imidazole rings is 1. The molecule has 2 heterocycles. The van der Waals surface area contributed by atoms with Crippen LogP contribution in [0.1, 0.15) is 24.4 Å². The molecule has 0 atom stereocenters. The Labute approximate surface area is 131 Å². The SMILES string of the molecule is Cc1nc(C)c2ncn(CC3(N(C)CP(C)(C)=O)CC3)c2n1. The molecule has 1 aliphatic carbocycles. The Bertz CT molecular complexity index is 759. The lowest BCUT2D eigenvalue weighted by Crippen LogP contribution is -2.38. The van der Waals surface area contributed by atoms with E-state index >= 15 is 0 Å². The Kier molecular flexibility index (Phi) is 3.65. The smallest absolute Gasteiger partial charge is 0.163 e. The number of hydrogen-bond acceptors (Lipinski definition) is 5. The third-order valence-electron chi connectivity index (χ3n) is 4.40. The van der Waals surface area contributed by atoms with E-state index in [0.717, 1.165) is 42.1 Å². The minimum atomic E-state index is -2.06. The maximum absolute atomic E-state index is 12.1. The van der Waals surface area contributed by atoms with Crippen molar-refractivity contribution in [3.05, 3.63) is 17.8 Å². The summed E-state index contributed by atoms with van der Waals surface area (Å²) in [7, 11) is 0.0240. The third kappa shape index (κ3) is 2.95. The first-order chi connectivity index (χ1) is 10.2. The number of likely N-dealkylation sites (N-methyl/N-ethyl adjacent to an activating group) is 1. The van der Waals surface area contributed by atoms with Gasteiger partial charge in [-0.25, -0.2) is 15.0 Å². The van der Waals surface area contributed by atoms with Crippen LogP contribution >= 0.6 is 7.14 Å². The van der Waals surface area contributed by atoms with Crippen LogP contribution < -0.4 is 0 Å². The summed E-state index contributed by atoms with van der Waals surface area (Å²) >= 11 is 0. The Hall–Kier alpha value is -1.26. The van der Waals surface area contributed by atoms with Gasteiger partial charge in [-0.15, -0.1) is 0 Å². The predicted molar refractivity (Wildman–Crippen MR) is 88.8 cm³/mol. The summed E-state index contributed by atoms with van der Waals surface area (Å²) in [5.41, 5.74) is 2.80. The van der Waals surface area contributed by atoms with E-state index in [1.807, 2.05) is 33.5 Å². The van der Waals surface area contributed by atoms with E-state index in [-0.39, 0.29) is 5.54 Å². The maximum Gasteiger partial charge on any atom is 0.163 e. The van der Waals surface area contributed by atoms with Gasteiger partial charge in [-0.05, 0) is 47.1 Å². The normalized spacial score (nSPS) is 17.4. The summed E-state index contributed by atoms with van der Waals surface area (Å²) in [5, 5.41) is 0. The highest BCUT2D eigenvalue weighted by molar-refractivity contribution is 7.62. The van der Waals surface area contributed by atoms with Crippen molar-refractivity contribution < 1.29 is 4.57 Å². The van der Waals surface area contributed by atoms with Crippen molar-refractivity contribution in [2.45, 2.75) is 38.8 Å². The summed E-state index contributed by atoms with van der Waals surface area (Å²) < 4.78 is 14.2. The molecule has 0 N–H and O–H groups in total. The molecule has 0 aromatic carbocycles. The number of nitrogens with zero attached hydrogens (tertiary/aromatic N) is 5. The van der Waals surface area contributed by atoms with Gasteiger partial charge in [0.05, 0.1) is 25.4 Å². The van der Waals surface area contributed by atoms with Crippen molar-refractivity contribution in [3.8, 4) is 0 Å². The highest BCUT2D eigenvalue weighted by Gasteiger charge is 2.47. The first-order valence-corrected chi connectivity index (χ1v) is 10.4. The zero-order valence-corrected chi connectivity index (χ0v) is 14.9. The molecule has 3 rings (SSSR count). The monoisotopic (exact) mass is 321 g/mol. The van der Waals surface area contributed by atoms with Crippen LogP contribution in [0.3, 0.4) is 0 Å². The second kappa shape index (κ2) is 5.14. The molecule has 2 aromatic rings. The fraction of sp³-hybridized carbons (Fsp3) is 0.667. The first-order valence-electron chi connectivity index (χ1n) is 7.62. The van der Waals surface area contributed by atoms with Gasteiger partial charge >= 0.3 is 0 Å². The van der Waals surface area contributed by atoms with Crippen LogP contribution in [0.5, 0.6) is 0 Å². The number of fused-ring (bicyclic) bond motifs is 1. The highest BCUT2D eigenvalue weighted by atomic mass is 31.2. The molecule has 1 fully saturated rings. The van der Waals surface area contributed by atoms with Crippen LogP contribution in [0.4, 0.5) is 0 Å². The lowest BCUT2D eigenvalue weighted by Gasteiger charge is -2.29. The zero-order chi connectivity index (χ0) is 16.1. The second-order valence-corrected chi connectivity index (χ2v) is 10.5. The van der Waals surface area contributed by atoms with Crippen molar-refractivity contribution in [2.75, 3.05) is 26.7 Å². The summed E-state index contributed by atoms with van der Waals surface area (Å²) in [6.07, 6.45) is 4.78. The van der Waals surface area contributed by atoms with Crippen LogP contribution in [-0.4, -0.2) is 56.6 Å². The molecular formula is C15H24N5OP. The number of hydrogen-bond donors (Lipinski definition) is 0. The topological polar surface area (TPSA) is 63.9 Å². The maximum atomic E-state index is 12.1. The fourth-order valence-corrected chi connectivity index (χ4v) is 4.44. The Balaban J connectivity index is 1.89. The Morgan fingerprint density at radius 2 is 2.00 bits per heavy atom. The zero-order valence-electron chi connectivity index (χ0n) is 14.0. The number of aromatic nitrogens is 4. The van der Waals surface area contributed by atoms with Gasteiger partial charge in [0.2, 0.25) is 0 Å². The van der Waals surface area contributed by atoms with Crippen molar-refractivity contribution in [1.29, 1.82) is 0 Å². The molecule has 0 amide bonds. The van der Waals surface area contributed by atoms with E-state index in [0.29, 0.717) is 6.29 Å². The van der Waals surface area contributed by atoms with Crippen LogP contribution in [-0.2, 0) is 11.1 Å². The molecule has 0 bridgehead atoms. The van der Waals surface area contributed by atoms with Crippen molar-refractivity contribution in [2.24, 2.45) is 0 Å². The van der Waals surface area contributed by atoms with Gasteiger partial charge in [0.25, 0.3) is 0 Å². The minimum absolute atomic E-state index is 0.0993. The lowest BCUT2D eigenvalue weighted by molar-refractivity contribution is 0.228. The molecule has 6 nitrogen and oxygen atoms in total. The fourth-order valence-electron chi connectivity index (χ4n) is 3.12. The first kappa shape index (κ1) is 15.6. The minimum Gasteiger partial charge on any atom is -0.323 e. The van der Waals surface area contributed by atoms with E-state index in [1.165, 1.54) is 0 Å². The van der Waals surface area contributed by atoms with Crippen LogP contribution in [0.15, 0.2) is 6.33 Å². The van der Waals surface area contributed by atoms with Crippen molar-refractivity contribution in [3.63, 3.8) is 0 Å². The van der Waals surface area contributed by atoms with Crippen LogP contribution in [0, 0.1) is 13.8 Å². The van der Waals surface area contributed by atoms with E-state index in [9.17, 15) is 4.57 Å². The van der Waals surface area contributed by atoms with Gasteiger partial charge in [-0.1, -0.05) is 0 Å². The van der Waals surface area contributed by atoms with E-state index in [2.05, 4.69) is 31.5 Å². The molecule has 0 spiro atoms. The Morgan fingerprint density at radius 1 is 1.32 bits per heavy atom. The molecule has 0 saturated heterocycles. The standard InChI is InChI=1S/C15H24N5OP/c1-11-13-14(18-12(2)17-11)20(9-16-13)8-15(6-7-15)19(3)10-22(4,5)21/h9H,6-8,10H2,1-5H3. The Morgan fingerprint density at radius 3 is 2.59 bits per heavy atom. The molecule has 2 aromatic heterocycles. The van der Waals surface area contributed by atoms with Gasteiger partial charge in [-0.2, -0.15) is 0 Å². The molecule has 0 radical (unpaired) electrons. The molecule has 1 saturated carbocycles. The lowest BCUT2D eigenvalue weighted by atomic mass is 10.2. The van der Waals surface area contributed by atoms with Crippen molar-refractivity contribution in [1.82, 2.24) is 24.4 Å². The van der Waals surface area contributed by atoms with E-state index in [4.69, 9.17) is 0 Å². The average molecular weight is 321 g/mol. The van der Waals surface area contributed by atoms with Gasteiger partial charge in [0.1, 0.15) is 11.3 Å². The summed E-state index contributed by atoms with van der Waals surface area (Å²) in [6, 6.07) is 0. The summed E-state index contributed by atoms with van der Waals surface area (Å²) in [5.74, 6) is 0.775. The van der Waals surface area contributed by atoms with Gasteiger partial charge in [0.15, 0.2) is 5.65 Å². The number of rotatable bonds is 5. The molecule has 0 aliphatic heterocycles. The predicted octanol–water partition coefficient (Wildman–Crippen LogP) is 2.49. The molecule has 22 heavy (non-hydrogen) atoms. The van der Waals surface area contributed by atoms with Gasteiger partial charge in [-0.3, -0.25) is 4.90 Å². The quantitative estimate of drug-likeness (QED) is 0.792. The van der Waals surface area contributed by atoms with E-state index in [1.54, 1.807) is 0 Å². The molecule has 120 valence electrons. The third-order valence-corrected chi connectivity index (χ3v) is 5.51. The number of aryl methyl sites for hydroxylation is 2. The second-order valence-electron chi connectivity index (χ2n) is 7.04.